The summed E-state index contributed by atoms with van der Waals surface area (Å²) in [5.74, 6) is 0.372. The summed E-state index contributed by atoms with van der Waals surface area (Å²) in [5.41, 5.74) is 3.95. The van der Waals surface area contributed by atoms with Gasteiger partial charge in [-0.15, -0.1) is 0 Å². The number of aromatic nitrogens is 3. The number of hydrogen-bond acceptors (Lipinski definition) is 2. The van der Waals surface area contributed by atoms with E-state index in [1.165, 1.54) is 10.9 Å². The van der Waals surface area contributed by atoms with Gasteiger partial charge >= 0.3 is 0 Å². The lowest BCUT2D eigenvalue weighted by atomic mass is 10.1. The van der Waals surface area contributed by atoms with E-state index < -0.39 is 0 Å². The number of benzene rings is 2. The van der Waals surface area contributed by atoms with Gasteiger partial charge in [0.2, 0.25) is 5.91 Å². The molecule has 0 saturated heterocycles. The number of amides is 1. The monoisotopic (exact) mass is 378 g/mol. The molecule has 4 rings (SSSR count). The van der Waals surface area contributed by atoms with Gasteiger partial charge in [-0.2, -0.15) is 5.10 Å². The number of nitrogens with zero attached hydrogens (tertiary/aromatic N) is 2. The number of anilines is 1. The van der Waals surface area contributed by atoms with Crippen molar-refractivity contribution in [3.8, 4) is 11.4 Å². The van der Waals surface area contributed by atoms with E-state index in [-0.39, 0.29) is 12.3 Å². The maximum atomic E-state index is 12.3. The minimum absolute atomic E-state index is 0.133. The molecule has 27 heavy (non-hydrogen) atoms. The number of aryl methyl sites for hydroxylation is 1. The number of rotatable bonds is 5. The van der Waals surface area contributed by atoms with E-state index in [2.05, 4.69) is 45.2 Å². The fraction of sp³-hybridized carbons (Fsp3) is 0.143. The second-order valence-corrected chi connectivity index (χ2v) is 6.79. The number of nitrogens with one attached hydrogen (secondary N) is 2. The SMILES string of the molecule is CCn1c(-c2cc(NC(=O)Cc3cccc(Cl)c3)n[nH]2)cc2ccccc21. The first-order valence-electron chi connectivity index (χ1n) is 8.82. The predicted molar refractivity (Wildman–Crippen MR) is 109 cm³/mol. The molecule has 0 spiro atoms. The number of carbonyl (C=O) groups excluding carboxylic acids is 1. The van der Waals surface area contributed by atoms with Crippen LogP contribution in [0.15, 0.2) is 60.7 Å². The van der Waals surface area contributed by atoms with Crippen LogP contribution in [0.3, 0.4) is 0 Å². The Morgan fingerprint density at radius 1 is 1.15 bits per heavy atom. The summed E-state index contributed by atoms with van der Waals surface area (Å²) in [5, 5.41) is 11.9. The topological polar surface area (TPSA) is 62.7 Å². The molecule has 5 nitrogen and oxygen atoms in total. The Hall–Kier alpha value is -3.05. The lowest BCUT2D eigenvalue weighted by molar-refractivity contribution is -0.115. The third-order valence-corrected chi connectivity index (χ3v) is 4.74. The minimum atomic E-state index is -0.133. The Kier molecular flexibility index (Phi) is 4.69. The van der Waals surface area contributed by atoms with Crippen LogP contribution in [0, 0.1) is 0 Å². The van der Waals surface area contributed by atoms with Crippen LogP contribution in [0.25, 0.3) is 22.3 Å². The van der Waals surface area contributed by atoms with Crippen molar-refractivity contribution in [2.75, 3.05) is 5.32 Å². The van der Waals surface area contributed by atoms with Crippen LogP contribution in [0.2, 0.25) is 5.02 Å². The van der Waals surface area contributed by atoms with Gasteiger partial charge in [-0.3, -0.25) is 9.89 Å². The van der Waals surface area contributed by atoms with Crippen molar-refractivity contribution in [2.45, 2.75) is 19.9 Å². The van der Waals surface area contributed by atoms with Crippen LogP contribution < -0.4 is 5.32 Å². The van der Waals surface area contributed by atoms with Crippen molar-refractivity contribution in [2.24, 2.45) is 0 Å². The molecule has 2 aromatic carbocycles. The van der Waals surface area contributed by atoms with Crippen LogP contribution >= 0.6 is 11.6 Å². The van der Waals surface area contributed by atoms with Crippen LogP contribution in [-0.4, -0.2) is 20.7 Å². The van der Waals surface area contributed by atoms with Gasteiger partial charge in [0, 0.05) is 28.5 Å². The Labute approximate surface area is 162 Å². The van der Waals surface area contributed by atoms with Crippen LogP contribution in [0.5, 0.6) is 0 Å². The standard InChI is InChI=1S/C21H19ClN4O/c1-2-26-18-9-4-3-7-15(18)12-19(26)17-13-20(25-24-17)23-21(27)11-14-6-5-8-16(22)10-14/h3-10,12-13H,2,11H2,1H3,(H2,23,24,25,27). The Bertz CT molecular complexity index is 1110. The van der Waals surface area contributed by atoms with Crippen LogP contribution in [-0.2, 0) is 17.8 Å². The van der Waals surface area contributed by atoms with E-state index in [1.54, 1.807) is 12.1 Å². The van der Waals surface area contributed by atoms with Gasteiger partial charge in [-0.1, -0.05) is 41.9 Å². The molecule has 6 heteroatoms. The fourth-order valence-electron chi connectivity index (χ4n) is 3.31. The van der Waals surface area contributed by atoms with Crippen molar-refractivity contribution in [1.82, 2.24) is 14.8 Å². The molecule has 2 heterocycles. The molecule has 136 valence electrons. The quantitative estimate of drug-likeness (QED) is 0.519. The van der Waals surface area contributed by atoms with Gasteiger partial charge in [-0.25, -0.2) is 0 Å². The van der Waals surface area contributed by atoms with Crippen LogP contribution in [0.1, 0.15) is 12.5 Å². The van der Waals surface area contributed by atoms with Crippen molar-refractivity contribution in [1.29, 1.82) is 0 Å². The van der Waals surface area contributed by atoms with E-state index >= 15 is 0 Å². The molecule has 2 aromatic heterocycles. The number of hydrogen-bond donors (Lipinski definition) is 2. The molecule has 4 aromatic rings. The van der Waals surface area contributed by atoms with Crippen molar-refractivity contribution < 1.29 is 4.79 Å². The summed E-state index contributed by atoms with van der Waals surface area (Å²) in [6.45, 7) is 2.96. The first-order valence-corrected chi connectivity index (χ1v) is 9.20. The smallest absolute Gasteiger partial charge is 0.229 e. The third-order valence-electron chi connectivity index (χ3n) is 4.50. The molecule has 0 atom stereocenters. The summed E-state index contributed by atoms with van der Waals surface area (Å²) < 4.78 is 2.22. The number of H-pyrrole nitrogens is 1. The Balaban J connectivity index is 1.54. The Morgan fingerprint density at radius 3 is 2.81 bits per heavy atom. The molecule has 0 aliphatic rings. The molecule has 0 unspecified atom stereocenters. The normalized spacial score (nSPS) is 11.0. The number of fused-ring (bicyclic) bond motifs is 1. The first kappa shape index (κ1) is 17.4. The van der Waals surface area contributed by atoms with Gasteiger partial charge in [0.05, 0.1) is 17.8 Å². The van der Waals surface area contributed by atoms with Crippen molar-refractivity contribution in [3.05, 3.63) is 71.2 Å². The highest BCUT2D eigenvalue weighted by atomic mass is 35.5. The van der Waals surface area contributed by atoms with E-state index in [0.29, 0.717) is 10.8 Å². The van der Waals surface area contributed by atoms with Gasteiger partial charge in [-0.05, 0) is 36.8 Å². The van der Waals surface area contributed by atoms with E-state index in [0.717, 1.165) is 23.5 Å². The molecule has 0 aliphatic heterocycles. The average molecular weight is 379 g/mol. The largest absolute Gasteiger partial charge is 0.340 e. The summed E-state index contributed by atoms with van der Waals surface area (Å²) >= 11 is 5.97. The number of carbonyl (C=O) groups is 1. The molecular formula is C21H19ClN4O. The van der Waals surface area contributed by atoms with Gasteiger partial charge in [0.25, 0.3) is 0 Å². The van der Waals surface area contributed by atoms with Gasteiger partial charge < -0.3 is 9.88 Å². The second-order valence-electron chi connectivity index (χ2n) is 6.35. The fourth-order valence-corrected chi connectivity index (χ4v) is 3.52. The zero-order chi connectivity index (χ0) is 18.8. The third kappa shape index (κ3) is 3.59. The molecule has 0 saturated carbocycles. The maximum Gasteiger partial charge on any atom is 0.229 e. The molecule has 0 aliphatic carbocycles. The number of aromatic amines is 1. The number of halogens is 1. The molecule has 2 N–H and O–H groups in total. The highest BCUT2D eigenvalue weighted by Crippen LogP contribution is 2.28. The molecule has 0 bridgehead atoms. The summed E-state index contributed by atoms with van der Waals surface area (Å²) in [6, 6.07) is 19.5. The first-order chi connectivity index (χ1) is 13.1. The second kappa shape index (κ2) is 7.29. The van der Waals surface area contributed by atoms with E-state index in [4.69, 9.17) is 11.6 Å². The van der Waals surface area contributed by atoms with Gasteiger partial charge in [0.1, 0.15) is 0 Å². The van der Waals surface area contributed by atoms with Crippen LogP contribution in [0.4, 0.5) is 5.82 Å². The lowest BCUT2D eigenvalue weighted by Gasteiger charge is -2.05. The van der Waals surface area contributed by atoms with Crippen molar-refractivity contribution >= 4 is 34.2 Å². The average Bonchev–Trinajstić information content (AvgIpc) is 3.25. The zero-order valence-corrected chi connectivity index (χ0v) is 15.6. The molecule has 0 radical (unpaired) electrons. The number of para-hydroxylation sites is 1. The van der Waals surface area contributed by atoms with Crippen molar-refractivity contribution in [3.63, 3.8) is 0 Å². The minimum Gasteiger partial charge on any atom is -0.340 e. The summed E-state index contributed by atoms with van der Waals surface area (Å²) in [7, 11) is 0. The van der Waals surface area contributed by atoms with E-state index in [9.17, 15) is 4.79 Å². The maximum absolute atomic E-state index is 12.3. The zero-order valence-electron chi connectivity index (χ0n) is 14.9. The summed E-state index contributed by atoms with van der Waals surface area (Å²) in [6.07, 6.45) is 0.248. The van der Waals surface area contributed by atoms with E-state index in [1.807, 2.05) is 30.3 Å². The Morgan fingerprint density at radius 2 is 2.00 bits per heavy atom. The molecular weight excluding hydrogens is 360 g/mol. The lowest BCUT2D eigenvalue weighted by Crippen LogP contribution is -2.14. The predicted octanol–water partition coefficient (Wildman–Crippen LogP) is 4.89. The highest BCUT2D eigenvalue weighted by Gasteiger charge is 2.13. The molecule has 0 fully saturated rings. The molecule has 1 amide bonds. The highest BCUT2D eigenvalue weighted by molar-refractivity contribution is 6.30. The summed E-state index contributed by atoms with van der Waals surface area (Å²) in [4.78, 5) is 12.3. The van der Waals surface area contributed by atoms with Gasteiger partial charge in [0.15, 0.2) is 5.82 Å².